The third-order valence-corrected chi connectivity index (χ3v) is 3.68. The van der Waals surface area contributed by atoms with E-state index in [9.17, 15) is 25.2 Å². The Kier molecular flexibility index (Phi) is 5.27. The average Bonchev–Trinajstić information content (AvgIpc) is 2.71. The van der Waals surface area contributed by atoms with Crippen LogP contribution in [0.4, 0.5) is 0 Å². The van der Waals surface area contributed by atoms with Gasteiger partial charge in [-0.1, -0.05) is 60.7 Å². The number of aliphatic hydroxyl groups excluding tert-OH is 3. The molecule has 0 saturated heterocycles. The van der Waals surface area contributed by atoms with E-state index in [1.165, 1.54) is 0 Å². The summed E-state index contributed by atoms with van der Waals surface area (Å²) in [6.07, 6.45) is -9.14. The van der Waals surface area contributed by atoms with E-state index in [1.54, 1.807) is 60.7 Å². The number of aldehydes is 1. The van der Waals surface area contributed by atoms with Gasteiger partial charge in [0, 0.05) is 15.5 Å². The molecule has 2 unspecified atom stereocenters. The smallest absolute Gasteiger partial charge is 0.151 e. The van der Waals surface area contributed by atoms with Gasteiger partial charge >= 0.3 is 0 Å². The molecular weight excluding hydrogens is 308 g/mol. The fourth-order valence-corrected chi connectivity index (χ4v) is 2.39. The molecule has 5 nitrogen and oxygen atoms in total. The molecule has 2 aromatic carbocycles. The number of benzene rings is 2. The predicted octanol–water partition coefficient (Wildman–Crippen LogP) is 0.484. The summed E-state index contributed by atoms with van der Waals surface area (Å²) in [4.78, 5) is 10.8. The summed E-state index contributed by atoms with van der Waals surface area (Å²) in [7, 11) is 0. The SMILES string of the molecule is [2H]C(c1ccccc1)C(O)(C([2H])c1ccccc1)[C@@H](O)[C@@H](O)[C@H](O)C=O. The summed E-state index contributed by atoms with van der Waals surface area (Å²) in [5.74, 6) is 0. The minimum absolute atomic E-state index is 0.0250. The molecule has 0 aliphatic rings. The number of hydrogen-bond acceptors (Lipinski definition) is 5. The van der Waals surface area contributed by atoms with Crippen molar-refractivity contribution < 1.29 is 28.0 Å². The molecule has 0 amide bonds. The van der Waals surface area contributed by atoms with Gasteiger partial charge in [0.25, 0.3) is 0 Å². The van der Waals surface area contributed by atoms with Crippen molar-refractivity contribution in [3.8, 4) is 0 Å². The number of aliphatic hydroxyl groups is 4. The largest absolute Gasteiger partial charge is 0.387 e. The highest BCUT2D eigenvalue weighted by Crippen LogP contribution is 2.26. The first-order chi connectivity index (χ1) is 12.3. The molecule has 5 atom stereocenters. The lowest BCUT2D eigenvalue weighted by atomic mass is 9.80. The average molecular weight is 332 g/mol. The van der Waals surface area contributed by atoms with E-state index in [1.807, 2.05) is 0 Å². The zero-order chi connectivity index (χ0) is 19.3. The zero-order valence-electron chi connectivity index (χ0n) is 14.9. The molecule has 0 aliphatic carbocycles. The van der Waals surface area contributed by atoms with E-state index in [-0.39, 0.29) is 6.29 Å². The summed E-state index contributed by atoms with van der Waals surface area (Å²) in [5.41, 5.74) is -1.86. The summed E-state index contributed by atoms with van der Waals surface area (Å²) < 4.78 is 16.9. The number of carbonyl (C=O) groups excluding carboxylic acids is 1. The Balaban J connectivity index is 2.51. The summed E-state index contributed by atoms with van der Waals surface area (Å²) in [6.45, 7) is 0. The molecule has 5 heteroatoms. The van der Waals surface area contributed by atoms with Crippen LogP contribution < -0.4 is 0 Å². The molecule has 0 saturated carbocycles. The third kappa shape index (κ3) is 4.49. The van der Waals surface area contributed by atoms with Crippen LogP contribution in [-0.2, 0) is 17.6 Å². The lowest BCUT2D eigenvalue weighted by Gasteiger charge is -2.36. The summed E-state index contributed by atoms with van der Waals surface area (Å²) in [5, 5.41) is 41.4. The van der Waals surface area contributed by atoms with E-state index < -0.39 is 36.7 Å². The first-order valence-corrected chi connectivity index (χ1v) is 7.50. The topological polar surface area (TPSA) is 98.0 Å². The van der Waals surface area contributed by atoms with Gasteiger partial charge < -0.3 is 25.2 Å². The lowest BCUT2D eigenvalue weighted by molar-refractivity contribution is -0.156. The third-order valence-electron chi connectivity index (χ3n) is 3.68. The van der Waals surface area contributed by atoms with E-state index >= 15 is 0 Å². The molecule has 24 heavy (non-hydrogen) atoms. The molecule has 0 bridgehead atoms. The van der Waals surface area contributed by atoms with Gasteiger partial charge in [-0.15, -0.1) is 0 Å². The van der Waals surface area contributed by atoms with Gasteiger partial charge in [0.2, 0.25) is 0 Å². The van der Waals surface area contributed by atoms with E-state index in [4.69, 9.17) is 2.74 Å². The molecule has 4 N–H and O–H groups in total. The van der Waals surface area contributed by atoms with Crippen molar-refractivity contribution in [2.24, 2.45) is 0 Å². The highest BCUT2D eigenvalue weighted by Gasteiger charge is 2.42. The number of hydrogen-bond donors (Lipinski definition) is 4. The number of rotatable bonds is 8. The Bertz CT molecular complexity index is 652. The second kappa shape index (κ2) is 8.17. The van der Waals surface area contributed by atoms with Gasteiger partial charge in [-0.3, -0.25) is 0 Å². The Morgan fingerprint density at radius 2 is 1.33 bits per heavy atom. The van der Waals surface area contributed by atoms with Crippen LogP contribution in [0.1, 0.15) is 13.9 Å². The molecule has 0 aromatic heterocycles. The van der Waals surface area contributed by atoms with Gasteiger partial charge in [0.1, 0.15) is 23.9 Å². The van der Waals surface area contributed by atoms with Crippen molar-refractivity contribution in [3.05, 3.63) is 71.8 Å². The van der Waals surface area contributed by atoms with Crippen LogP contribution in [0.5, 0.6) is 0 Å². The zero-order valence-corrected chi connectivity index (χ0v) is 12.9. The molecule has 0 spiro atoms. The summed E-state index contributed by atoms with van der Waals surface area (Å²) in [6, 6.07) is 16.2. The molecule has 2 aromatic rings. The van der Waals surface area contributed by atoms with Crippen molar-refractivity contribution >= 4 is 6.29 Å². The van der Waals surface area contributed by atoms with Crippen LogP contribution in [0.25, 0.3) is 0 Å². The molecular formula is C19H22O5. The predicted molar refractivity (Wildman–Crippen MR) is 89.3 cm³/mol. The van der Waals surface area contributed by atoms with Crippen LogP contribution in [0, 0.1) is 0 Å². The first kappa shape index (κ1) is 15.5. The standard InChI is InChI=1S/C19H22O5/c20-13-16(21)17(22)18(23)19(24,11-14-7-3-1-4-8-14)12-15-9-5-2-6-10-15/h1-10,13,16-18,21-24H,11-12H2/t16-,17+,18+/m1/s1/i11D,12D/t11?,12?,16-,17+,18+,19?. The molecule has 0 fully saturated rings. The Hall–Kier alpha value is -2.05. The Morgan fingerprint density at radius 3 is 1.71 bits per heavy atom. The lowest BCUT2D eigenvalue weighted by Crippen LogP contribution is -2.55. The summed E-state index contributed by atoms with van der Waals surface area (Å²) >= 11 is 0. The van der Waals surface area contributed by atoms with Gasteiger partial charge in [0.05, 0.1) is 0 Å². The Morgan fingerprint density at radius 1 is 0.917 bits per heavy atom. The van der Waals surface area contributed by atoms with Crippen molar-refractivity contribution in [2.75, 3.05) is 0 Å². The Labute approximate surface area is 143 Å². The van der Waals surface area contributed by atoms with E-state index in [0.29, 0.717) is 11.1 Å². The highest BCUT2D eigenvalue weighted by molar-refractivity contribution is 5.56. The van der Waals surface area contributed by atoms with Crippen LogP contribution in [0.15, 0.2) is 60.7 Å². The second-order valence-corrected chi connectivity index (χ2v) is 5.56. The monoisotopic (exact) mass is 332 g/mol. The molecule has 0 aliphatic heterocycles. The minimum Gasteiger partial charge on any atom is -0.387 e. The van der Waals surface area contributed by atoms with Gasteiger partial charge in [-0.2, -0.15) is 0 Å². The maximum atomic E-state index is 11.2. The number of carbonyl (C=O) groups is 1. The molecule has 2 rings (SSSR count). The molecule has 0 heterocycles. The minimum atomic E-state index is -2.49. The van der Waals surface area contributed by atoms with Gasteiger partial charge in [0.15, 0.2) is 6.29 Å². The van der Waals surface area contributed by atoms with Crippen LogP contribution in [-0.4, -0.2) is 50.6 Å². The fraction of sp³-hybridized carbons (Fsp3) is 0.316. The maximum absolute atomic E-state index is 11.2. The van der Waals surface area contributed by atoms with Crippen molar-refractivity contribution in [3.63, 3.8) is 0 Å². The van der Waals surface area contributed by atoms with E-state index in [0.717, 1.165) is 0 Å². The fourth-order valence-electron chi connectivity index (χ4n) is 2.39. The van der Waals surface area contributed by atoms with Crippen LogP contribution in [0.2, 0.25) is 0 Å². The maximum Gasteiger partial charge on any atom is 0.151 e. The van der Waals surface area contributed by atoms with E-state index in [2.05, 4.69) is 0 Å². The highest BCUT2D eigenvalue weighted by atomic mass is 16.4. The molecule has 128 valence electrons. The van der Waals surface area contributed by atoms with Crippen LogP contribution in [0.3, 0.4) is 0 Å². The van der Waals surface area contributed by atoms with Gasteiger partial charge in [-0.25, -0.2) is 0 Å². The van der Waals surface area contributed by atoms with Crippen molar-refractivity contribution in [1.29, 1.82) is 0 Å². The van der Waals surface area contributed by atoms with Crippen LogP contribution >= 0.6 is 0 Å². The van der Waals surface area contributed by atoms with Crippen molar-refractivity contribution in [2.45, 2.75) is 36.7 Å². The normalized spacial score (nSPS) is 21.3. The first-order valence-electron chi connectivity index (χ1n) is 8.65. The quantitative estimate of drug-likeness (QED) is 0.527. The van der Waals surface area contributed by atoms with Crippen molar-refractivity contribution in [1.82, 2.24) is 0 Å². The second-order valence-electron chi connectivity index (χ2n) is 5.56. The van der Waals surface area contributed by atoms with Gasteiger partial charge in [-0.05, 0) is 11.1 Å². The molecule has 0 radical (unpaired) electrons.